The van der Waals surface area contributed by atoms with Gasteiger partial charge in [0, 0.05) is 20.0 Å². The van der Waals surface area contributed by atoms with Gasteiger partial charge in [0.15, 0.2) is 5.69 Å². The highest BCUT2D eigenvalue weighted by atomic mass is 16.4. The van der Waals surface area contributed by atoms with Crippen LogP contribution in [0.25, 0.3) is 0 Å². The molecule has 1 atom stereocenters. The summed E-state index contributed by atoms with van der Waals surface area (Å²) in [5, 5.41) is 21.7. The van der Waals surface area contributed by atoms with E-state index in [0.29, 0.717) is 18.8 Å². The van der Waals surface area contributed by atoms with Gasteiger partial charge in [0.05, 0.1) is 0 Å². The molecule has 0 radical (unpaired) electrons. The number of carboxylic acid groups (broad SMARTS) is 1. The first-order valence-electron chi connectivity index (χ1n) is 6.04. The molecule has 0 aliphatic heterocycles. The summed E-state index contributed by atoms with van der Waals surface area (Å²) in [7, 11) is 1.53. The van der Waals surface area contributed by atoms with E-state index in [0.717, 1.165) is 0 Å². The Morgan fingerprint density at radius 3 is 2.63 bits per heavy atom. The second-order valence-electron chi connectivity index (χ2n) is 4.30. The van der Waals surface area contributed by atoms with Crippen molar-refractivity contribution in [1.29, 1.82) is 0 Å². The highest BCUT2D eigenvalue weighted by Crippen LogP contribution is 2.08. The standard InChI is InChI=1S/C12H18N4O3/c1-8(3-6-11(17)18)7-14-10-5-4-9(15-16-10)12(19)13-2/h4-5,8H,3,6-7H2,1-2H3,(H,13,19)(H,14,16)(H,17,18). The van der Waals surface area contributed by atoms with Crippen LogP contribution >= 0.6 is 0 Å². The van der Waals surface area contributed by atoms with E-state index in [-0.39, 0.29) is 23.9 Å². The van der Waals surface area contributed by atoms with Gasteiger partial charge in [0.1, 0.15) is 5.82 Å². The van der Waals surface area contributed by atoms with Crippen LogP contribution in [0, 0.1) is 5.92 Å². The van der Waals surface area contributed by atoms with Crippen molar-refractivity contribution in [2.75, 3.05) is 18.9 Å². The average Bonchev–Trinajstić information content (AvgIpc) is 2.42. The van der Waals surface area contributed by atoms with E-state index in [9.17, 15) is 9.59 Å². The third kappa shape index (κ3) is 5.33. The van der Waals surface area contributed by atoms with E-state index in [1.165, 1.54) is 7.05 Å². The van der Waals surface area contributed by atoms with Gasteiger partial charge in [-0.3, -0.25) is 9.59 Å². The van der Waals surface area contributed by atoms with E-state index in [1.54, 1.807) is 12.1 Å². The van der Waals surface area contributed by atoms with Crippen LogP contribution < -0.4 is 10.6 Å². The fourth-order valence-electron chi connectivity index (χ4n) is 1.43. The third-order valence-corrected chi connectivity index (χ3v) is 2.61. The fraction of sp³-hybridized carbons (Fsp3) is 0.500. The zero-order chi connectivity index (χ0) is 14.3. The molecule has 0 aromatic carbocycles. The molecule has 0 fully saturated rings. The van der Waals surface area contributed by atoms with Crippen molar-refractivity contribution >= 4 is 17.7 Å². The summed E-state index contributed by atoms with van der Waals surface area (Å²) in [5.74, 6) is -0.290. The number of amides is 1. The van der Waals surface area contributed by atoms with Gasteiger partial charge in [0.2, 0.25) is 0 Å². The maximum Gasteiger partial charge on any atom is 0.303 e. The molecule has 7 nitrogen and oxygen atoms in total. The quantitative estimate of drug-likeness (QED) is 0.672. The lowest BCUT2D eigenvalue weighted by Crippen LogP contribution is -2.20. The number of rotatable bonds is 7. The third-order valence-electron chi connectivity index (χ3n) is 2.61. The van der Waals surface area contributed by atoms with Crippen LogP contribution in [0.3, 0.4) is 0 Å². The zero-order valence-electron chi connectivity index (χ0n) is 11.0. The summed E-state index contributed by atoms with van der Waals surface area (Å²) in [4.78, 5) is 21.7. The van der Waals surface area contributed by atoms with Crippen LogP contribution in [-0.2, 0) is 4.79 Å². The molecule has 3 N–H and O–H groups in total. The Labute approximate surface area is 111 Å². The number of carboxylic acids is 1. The molecule has 7 heteroatoms. The van der Waals surface area contributed by atoms with Crippen molar-refractivity contribution in [2.24, 2.45) is 5.92 Å². The summed E-state index contributed by atoms with van der Waals surface area (Å²) in [5.41, 5.74) is 0.256. The zero-order valence-corrected chi connectivity index (χ0v) is 11.0. The molecule has 0 aliphatic carbocycles. The molecule has 0 spiro atoms. The number of nitrogens with zero attached hydrogens (tertiary/aromatic N) is 2. The second-order valence-corrected chi connectivity index (χ2v) is 4.30. The van der Waals surface area contributed by atoms with E-state index in [1.807, 2.05) is 6.92 Å². The van der Waals surface area contributed by atoms with Gasteiger partial charge in [-0.1, -0.05) is 6.92 Å². The predicted octanol–water partition coefficient (Wildman–Crippen LogP) is 0.749. The highest BCUT2D eigenvalue weighted by Gasteiger charge is 2.07. The largest absolute Gasteiger partial charge is 0.481 e. The average molecular weight is 266 g/mol. The van der Waals surface area contributed by atoms with Gasteiger partial charge < -0.3 is 15.7 Å². The number of carbonyl (C=O) groups excluding carboxylic acids is 1. The molecule has 0 saturated heterocycles. The van der Waals surface area contributed by atoms with Crippen molar-refractivity contribution in [3.05, 3.63) is 17.8 Å². The van der Waals surface area contributed by atoms with Crippen LogP contribution in [0.5, 0.6) is 0 Å². The summed E-state index contributed by atoms with van der Waals surface area (Å²) < 4.78 is 0. The highest BCUT2D eigenvalue weighted by molar-refractivity contribution is 5.91. The van der Waals surface area contributed by atoms with Crippen molar-refractivity contribution in [3.8, 4) is 0 Å². The molecule has 1 heterocycles. The number of anilines is 1. The topological polar surface area (TPSA) is 104 Å². The van der Waals surface area contributed by atoms with Crippen LogP contribution in [0.15, 0.2) is 12.1 Å². The first kappa shape index (κ1) is 14.9. The minimum absolute atomic E-state index is 0.157. The number of aliphatic carboxylic acids is 1. The molecule has 0 aliphatic rings. The van der Waals surface area contributed by atoms with E-state index < -0.39 is 5.97 Å². The maximum absolute atomic E-state index is 11.3. The van der Waals surface area contributed by atoms with Crippen molar-refractivity contribution < 1.29 is 14.7 Å². The van der Waals surface area contributed by atoms with Gasteiger partial charge in [0.25, 0.3) is 5.91 Å². The van der Waals surface area contributed by atoms with Gasteiger partial charge in [-0.15, -0.1) is 10.2 Å². The number of hydrogen-bond acceptors (Lipinski definition) is 5. The normalized spacial score (nSPS) is 11.7. The summed E-state index contributed by atoms with van der Waals surface area (Å²) in [6.07, 6.45) is 0.760. The van der Waals surface area contributed by atoms with Crippen molar-refractivity contribution in [2.45, 2.75) is 19.8 Å². The monoisotopic (exact) mass is 266 g/mol. The fourth-order valence-corrected chi connectivity index (χ4v) is 1.43. The summed E-state index contributed by atoms with van der Waals surface area (Å²) in [6, 6.07) is 3.25. The van der Waals surface area contributed by atoms with Crippen LogP contribution in [0.1, 0.15) is 30.3 Å². The lowest BCUT2D eigenvalue weighted by atomic mass is 10.1. The SMILES string of the molecule is CNC(=O)c1ccc(NCC(C)CCC(=O)O)nn1. The Bertz CT molecular complexity index is 433. The van der Waals surface area contributed by atoms with Crippen molar-refractivity contribution in [1.82, 2.24) is 15.5 Å². The number of carbonyl (C=O) groups is 2. The maximum atomic E-state index is 11.3. The Balaban J connectivity index is 2.41. The van der Waals surface area contributed by atoms with Gasteiger partial charge >= 0.3 is 5.97 Å². The number of hydrogen-bond donors (Lipinski definition) is 3. The molecule has 1 unspecified atom stereocenters. The first-order valence-corrected chi connectivity index (χ1v) is 6.04. The predicted molar refractivity (Wildman–Crippen MR) is 69.9 cm³/mol. The second kappa shape index (κ2) is 7.30. The molecule has 0 bridgehead atoms. The van der Waals surface area contributed by atoms with E-state index >= 15 is 0 Å². The van der Waals surface area contributed by atoms with Crippen LogP contribution in [-0.4, -0.2) is 40.8 Å². The van der Waals surface area contributed by atoms with Gasteiger partial charge in [-0.25, -0.2) is 0 Å². The minimum Gasteiger partial charge on any atom is -0.481 e. The van der Waals surface area contributed by atoms with Crippen molar-refractivity contribution in [3.63, 3.8) is 0 Å². The number of nitrogens with one attached hydrogen (secondary N) is 2. The molecule has 19 heavy (non-hydrogen) atoms. The van der Waals surface area contributed by atoms with E-state index in [2.05, 4.69) is 20.8 Å². The molecular weight excluding hydrogens is 248 g/mol. The molecular formula is C12H18N4O3. The smallest absolute Gasteiger partial charge is 0.303 e. The van der Waals surface area contributed by atoms with Gasteiger partial charge in [-0.05, 0) is 24.5 Å². The summed E-state index contributed by atoms with van der Waals surface area (Å²) >= 11 is 0. The summed E-state index contributed by atoms with van der Waals surface area (Å²) in [6.45, 7) is 2.57. The van der Waals surface area contributed by atoms with Gasteiger partial charge in [-0.2, -0.15) is 0 Å². The molecule has 0 saturated carbocycles. The lowest BCUT2D eigenvalue weighted by Gasteiger charge is -2.11. The molecule has 1 rings (SSSR count). The number of aromatic nitrogens is 2. The molecule has 1 amide bonds. The molecule has 104 valence electrons. The lowest BCUT2D eigenvalue weighted by molar-refractivity contribution is -0.137. The van der Waals surface area contributed by atoms with Crippen LogP contribution in [0.2, 0.25) is 0 Å². The molecule has 1 aromatic heterocycles. The van der Waals surface area contributed by atoms with E-state index in [4.69, 9.17) is 5.11 Å². The van der Waals surface area contributed by atoms with Crippen LogP contribution in [0.4, 0.5) is 5.82 Å². The first-order chi connectivity index (χ1) is 9.02. The minimum atomic E-state index is -0.790. The Kier molecular flexibility index (Phi) is 5.72. The Morgan fingerprint density at radius 1 is 1.37 bits per heavy atom. The Morgan fingerprint density at radius 2 is 2.11 bits per heavy atom. The molecule has 1 aromatic rings. The Hall–Kier alpha value is -2.18.